The minimum atomic E-state index is -0.306. The number of phenolic OH excluding ortho intramolecular Hbond substituents is 1. The van der Waals surface area contributed by atoms with Crippen LogP contribution < -0.4 is 5.43 Å². The highest BCUT2D eigenvalue weighted by molar-refractivity contribution is 6.33. The number of hydrogen-bond acceptors (Lipinski definition) is 5. The summed E-state index contributed by atoms with van der Waals surface area (Å²) in [7, 11) is 0. The number of hydrazone groups is 1. The first-order chi connectivity index (χ1) is 7.17. The van der Waals surface area contributed by atoms with Crippen LogP contribution in [-0.4, -0.2) is 10.8 Å². The maximum Gasteiger partial charge on any atom is 0.237 e. The zero-order chi connectivity index (χ0) is 11.3. The first kappa shape index (κ1) is 10.8. The average Bonchev–Trinajstić information content (AvgIpc) is 2.22. The van der Waals surface area contributed by atoms with Crippen LogP contribution in [0.4, 0.5) is 5.69 Å². The molecule has 0 heterocycles. The predicted molar refractivity (Wildman–Crippen MR) is 55.4 cm³/mol. The Balaban J connectivity index is 2.89. The van der Waals surface area contributed by atoms with Gasteiger partial charge in [0.05, 0.1) is 10.7 Å². The van der Waals surface area contributed by atoms with Gasteiger partial charge in [-0.2, -0.15) is 15.6 Å². The van der Waals surface area contributed by atoms with E-state index in [2.05, 4.69) is 10.5 Å². The van der Waals surface area contributed by atoms with Gasteiger partial charge >= 0.3 is 0 Å². The van der Waals surface area contributed by atoms with Crippen LogP contribution in [0, 0.1) is 22.7 Å². The van der Waals surface area contributed by atoms with Gasteiger partial charge in [-0.25, -0.2) is 0 Å². The molecule has 0 amide bonds. The van der Waals surface area contributed by atoms with E-state index < -0.39 is 0 Å². The highest BCUT2D eigenvalue weighted by Crippen LogP contribution is 2.25. The molecule has 0 bridgehead atoms. The van der Waals surface area contributed by atoms with Crippen molar-refractivity contribution in [1.82, 2.24) is 0 Å². The van der Waals surface area contributed by atoms with E-state index in [0.29, 0.717) is 5.69 Å². The van der Waals surface area contributed by atoms with Gasteiger partial charge in [-0.15, -0.1) is 0 Å². The van der Waals surface area contributed by atoms with Crippen molar-refractivity contribution in [2.24, 2.45) is 5.10 Å². The zero-order valence-electron chi connectivity index (χ0n) is 7.40. The summed E-state index contributed by atoms with van der Waals surface area (Å²) in [5.74, 6) is 0.0234. The van der Waals surface area contributed by atoms with Crippen LogP contribution in [0.3, 0.4) is 0 Å². The Morgan fingerprint density at radius 1 is 1.40 bits per heavy atom. The summed E-state index contributed by atoms with van der Waals surface area (Å²) in [5.41, 5.74) is 2.54. The SMILES string of the molecule is N#CC(C#N)=NNc1ccc(O)cc1Cl. The number of anilines is 1. The Labute approximate surface area is 90.8 Å². The summed E-state index contributed by atoms with van der Waals surface area (Å²) in [6.45, 7) is 0. The van der Waals surface area contributed by atoms with Crippen molar-refractivity contribution in [3.8, 4) is 17.9 Å². The molecular weight excluding hydrogens is 216 g/mol. The molecule has 0 unspecified atom stereocenters. The van der Waals surface area contributed by atoms with E-state index in [1.54, 1.807) is 12.1 Å². The minimum Gasteiger partial charge on any atom is -0.508 e. The molecule has 0 radical (unpaired) electrons. The molecule has 1 aromatic rings. The molecule has 74 valence electrons. The van der Waals surface area contributed by atoms with Crippen molar-refractivity contribution < 1.29 is 5.11 Å². The molecule has 1 rings (SSSR count). The van der Waals surface area contributed by atoms with Crippen molar-refractivity contribution in [3.05, 3.63) is 23.2 Å². The molecular formula is C9H5ClN4O. The second-order valence-corrected chi connectivity index (χ2v) is 2.87. The molecule has 6 heteroatoms. The standard InChI is InChI=1S/C9H5ClN4O/c10-8-3-7(15)1-2-9(8)14-13-6(4-11)5-12/h1-3,14-15H. The summed E-state index contributed by atoms with van der Waals surface area (Å²) in [5, 5.41) is 29.6. The van der Waals surface area contributed by atoms with Gasteiger partial charge in [-0.1, -0.05) is 11.6 Å². The number of halogens is 1. The van der Waals surface area contributed by atoms with E-state index in [0.717, 1.165) is 0 Å². The van der Waals surface area contributed by atoms with E-state index in [1.165, 1.54) is 18.2 Å². The summed E-state index contributed by atoms with van der Waals surface area (Å²) in [4.78, 5) is 0. The van der Waals surface area contributed by atoms with Crippen LogP contribution in [0.15, 0.2) is 23.3 Å². The number of benzene rings is 1. The van der Waals surface area contributed by atoms with Crippen LogP contribution in [-0.2, 0) is 0 Å². The molecule has 0 saturated heterocycles. The first-order valence-corrected chi connectivity index (χ1v) is 4.17. The van der Waals surface area contributed by atoms with Crippen molar-refractivity contribution in [2.45, 2.75) is 0 Å². The van der Waals surface area contributed by atoms with Crippen LogP contribution in [0.1, 0.15) is 0 Å². The smallest absolute Gasteiger partial charge is 0.237 e. The monoisotopic (exact) mass is 220 g/mol. The first-order valence-electron chi connectivity index (χ1n) is 3.80. The lowest BCUT2D eigenvalue weighted by molar-refractivity contribution is 0.475. The number of nitrogens with zero attached hydrogens (tertiary/aromatic N) is 3. The molecule has 2 N–H and O–H groups in total. The van der Waals surface area contributed by atoms with Crippen molar-refractivity contribution in [2.75, 3.05) is 5.43 Å². The normalized spacial score (nSPS) is 8.47. The quantitative estimate of drug-likeness (QED) is 0.452. The molecule has 1 aromatic carbocycles. The number of hydrogen-bond donors (Lipinski definition) is 2. The number of rotatable bonds is 2. The predicted octanol–water partition coefficient (Wildman–Crippen LogP) is 1.86. The van der Waals surface area contributed by atoms with E-state index in [-0.39, 0.29) is 16.5 Å². The average molecular weight is 221 g/mol. The molecule has 15 heavy (non-hydrogen) atoms. The summed E-state index contributed by atoms with van der Waals surface area (Å²) in [6.07, 6.45) is 0. The molecule has 0 aliphatic rings. The van der Waals surface area contributed by atoms with Crippen LogP contribution in [0.2, 0.25) is 5.02 Å². The molecule has 0 aromatic heterocycles. The second kappa shape index (κ2) is 4.85. The lowest BCUT2D eigenvalue weighted by Crippen LogP contribution is -1.96. The maximum absolute atomic E-state index is 9.05. The maximum atomic E-state index is 9.05. The molecule has 0 spiro atoms. The minimum absolute atomic E-state index is 0.0234. The number of aromatic hydroxyl groups is 1. The van der Waals surface area contributed by atoms with Gasteiger partial charge < -0.3 is 5.11 Å². The number of phenols is 1. The second-order valence-electron chi connectivity index (χ2n) is 2.46. The van der Waals surface area contributed by atoms with Crippen molar-refractivity contribution in [3.63, 3.8) is 0 Å². The van der Waals surface area contributed by atoms with Gasteiger partial charge in [-0.3, -0.25) is 5.43 Å². The van der Waals surface area contributed by atoms with Gasteiger partial charge in [-0.05, 0) is 12.1 Å². The van der Waals surface area contributed by atoms with E-state index >= 15 is 0 Å². The molecule has 5 nitrogen and oxygen atoms in total. The Morgan fingerprint density at radius 3 is 2.60 bits per heavy atom. The molecule has 0 fully saturated rings. The molecule has 0 saturated carbocycles. The van der Waals surface area contributed by atoms with E-state index in [4.69, 9.17) is 27.2 Å². The van der Waals surface area contributed by atoms with Crippen LogP contribution in [0.25, 0.3) is 0 Å². The fourth-order valence-corrected chi connectivity index (χ4v) is 1.00. The molecule has 0 aliphatic carbocycles. The highest BCUT2D eigenvalue weighted by Gasteiger charge is 2.00. The number of nitriles is 2. The number of nitrogens with one attached hydrogen (secondary N) is 1. The molecule has 0 aliphatic heterocycles. The van der Waals surface area contributed by atoms with E-state index in [1.807, 2.05) is 0 Å². The lowest BCUT2D eigenvalue weighted by atomic mass is 10.3. The molecule has 0 atom stereocenters. The lowest BCUT2D eigenvalue weighted by Gasteiger charge is -2.02. The van der Waals surface area contributed by atoms with E-state index in [9.17, 15) is 0 Å². The Bertz CT molecular complexity index is 468. The highest BCUT2D eigenvalue weighted by atomic mass is 35.5. The van der Waals surface area contributed by atoms with Gasteiger partial charge in [0.15, 0.2) is 0 Å². The summed E-state index contributed by atoms with van der Waals surface area (Å²) >= 11 is 5.74. The summed E-state index contributed by atoms with van der Waals surface area (Å²) in [6, 6.07) is 7.38. The Kier molecular flexibility index (Phi) is 3.50. The third-order valence-electron chi connectivity index (χ3n) is 1.45. The Morgan fingerprint density at radius 2 is 2.07 bits per heavy atom. The third kappa shape index (κ3) is 2.87. The van der Waals surface area contributed by atoms with Crippen LogP contribution >= 0.6 is 11.6 Å². The fourth-order valence-electron chi connectivity index (χ4n) is 0.786. The zero-order valence-corrected chi connectivity index (χ0v) is 8.15. The largest absolute Gasteiger partial charge is 0.508 e. The topological polar surface area (TPSA) is 92.2 Å². The van der Waals surface area contributed by atoms with Gasteiger partial charge in [0.2, 0.25) is 5.71 Å². The Hall–Kier alpha value is -2.24. The van der Waals surface area contributed by atoms with Crippen molar-refractivity contribution >= 4 is 23.0 Å². The van der Waals surface area contributed by atoms with Gasteiger partial charge in [0.25, 0.3) is 0 Å². The van der Waals surface area contributed by atoms with Crippen LogP contribution in [0.5, 0.6) is 5.75 Å². The van der Waals surface area contributed by atoms with Gasteiger partial charge in [0, 0.05) is 6.07 Å². The van der Waals surface area contributed by atoms with Crippen molar-refractivity contribution in [1.29, 1.82) is 10.5 Å². The van der Waals surface area contributed by atoms with Gasteiger partial charge in [0.1, 0.15) is 17.9 Å². The third-order valence-corrected chi connectivity index (χ3v) is 1.77. The summed E-state index contributed by atoms with van der Waals surface area (Å²) < 4.78 is 0. The fraction of sp³-hybridized carbons (Fsp3) is 0.